The van der Waals surface area contributed by atoms with Crippen LogP contribution in [0.25, 0.3) is 16.9 Å². The van der Waals surface area contributed by atoms with E-state index in [1.807, 2.05) is 37.3 Å². The van der Waals surface area contributed by atoms with Gasteiger partial charge in [0.25, 0.3) is 0 Å². The Balaban J connectivity index is 2.09. The molecule has 1 heterocycles. The van der Waals surface area contributed by atoms with E-state index in [1.165, 1.54) is 0 Å². The first-order valence-corrected chi connectivity index (χ1v) is 9.72. The Labute approximate surface area is 175 Å². The lowest BCUT2D eigenvalue weighted by molar-refractivity contribution is -0.143. The van der Waals surface area contributed by atoms with Gasteiger partial charge in [-0.25, -0.2) is 0 Å². The van der Waals surface area contributed by atoms with Crippen LogP contribution in [-0.2, 0) is 16.0 Å². The molecular weight excluding hydrogens is 378 g/mol. The van der Waals surface area contributed by atoms with Crippen LogP contribution in [0, 0.1) is 18.3 Å². The number of aromatic nitrogens is 1. The van der Waals surface area contributed by atoms with Gasteiger partial charge in [-0.3, -0.25) is 9.59 Å². The summed E-state index contributed by atoms with van der Waals surface area (Å²) in [6, 6.07) is 18.7. The lowest BCUT2D eigenvalue weighted by Gasteiger charge is -2.17. The van der Waals surface area contributed by atoms with Gasteiger partial charge < -0.3 is 15.0 Å². The second-order valence-electron chi connectivity index (χ2n) is 6.91. The maximum atomic E-state index is 11.9. The quantitative estimate of drug-likeness (QED) is 0.607. The van der Waals surface area contributed by atoms with Gasteiger partial charge >= 0.3 is 5.97 Å². The molecule has 0 unspecified atom stereocenters. The van der Waals surface area contributed by atoms with Crippen molar-refractivity contribution in [1.82, 2.24) is 4.57 Å². The topological polar surface area (TPSA) is 98.1 Å². The van der Waals surface area contributed by atoms with Crippen LogP contribution in [0.15, 0.2) is 54.6 Å². The van der Waals surface area contributed by atoms with Crippen molar-refractivity contribution >= 4 is 11.9 Å². The Morgan fingerprint density at radius 2 is 1.83 bits per heavy atom. The predicted molar refractivity (Wildman–Crippen MR) is 114 cm³/mol. The number of rotatable bonds is 7. The fraction of sp³-hybridized carbons (Fsp3) is 0.208. The first-order chi connectivity index (χ1) is 14.4. The Morgan fingerprint density at radius 3 is 2.43 bits per heavy atom. The standard InChI is InChI=1S/C24H23N3O3/c1-3-30-23(28)13-10-20-9-12-22(18-6-4-17(15-25)5-7-18)27(20)21-11-8-19(24(26)29)14-16(21)2/h4-9,11-12,14H,3,10,13H2,1-2H3,(H2,26,29). The number of carbonyl (C=O) groups is 2. The van der Waals surface area contributed by atoms with Crippen molar-refractivity contribution in [3.8, 4) is 23.0 Å². The van der Waals surface area contributed by atoms with Gasteiger partial charge in [-0.05, 0) is 73.9 Å². The number of nitriles is 1. The van der Waals surface area contributed by atoms with Crippen molar-refractivity contribution in [3.63, 3.8) is 0 Å². The van der Waals surface area contributed by atoms with Crippen LogP contribution in [0.2, 0.25) is 0 Å². The zero-order valence-electron chi connectivity index (χ0n) is 17.0. The number of aryl methyl sites for hydroxylation is 2. The Kier molecular flexibility index (Phi) is 6.33. The van der Waals surface area contributed by atoms with E-state index in [4.69, 9.17) is 15.7 Å². The molecule has 0 aliphatic carbocycles. The number of primary amides is 1. The zero-order valence-corrected chi connectivity index (χ0v) is 17.0. The predicted octanol–water partition coefficient (Wildman–Crippen LogP) is 3.92. The lowest BCUT2D eigenvalue weighted by Crippen LogP contribution is -2.12. The van der Waals surface area contributed by atoms with Gasteiger partial charge in [0, 0.05) is 16.9 Å². The van der Waals surface area contributed by atoms with Gasteiger partial charge in [-0.1, -0.05) is 12.1 Å². The molecule has 2 aromatic carbocycles. The molecule has 0 spiro atoms. The summed E-state index contributed by atoms with van der Waals surface area (Å²) in [6.07, 6.45) is 0.773. The fourth-order valence-corrected chi connectivity index (χ4v) is 3.42. The van der Waals surface area contributed by atoms with Crippen LogP contribution in [0.5, 0.6) is 0 Å². The minimum Gasteiger partial charge on any atom is -0.466 e. The number of nitrogens with zero attached hydrogens (tertiary/aromatic N) is 2. The Hall–Kier alpha value is -3.85. The van der Waals surface area contributed by atoms with Crippen LogP contribution in [0.3, 0.4) is 0 Å². The van der Waals surface area contributed by atoms with E-state index in [9.17, 15) is 9.59 Å². The average molecular weight is 401 g/mol. The summed E-state index contributed by atoms with van der Waals surface area (Å²) >= 11 is 0. The first-order valence-electron chi connectivity index (χ1n) is 9.72. The molecule has 0 aliphatic rings. The monoisotopic (exact) mass is 401 g/mol. The van der Waals surface area contributed by atoms with Crippen LogP contribution in [0.4, 0.5) is 0 Å². The second kappa shape index (κ2) is 9.10. The van der Waals surface area contributed by atoms with Gasteiger partial charge in [-0.2, -0.15) is 5.26 Å². The molecule has 6 heteroatoms. The number of benzene rings is 2. The lowest BCUT2D eigenvalue weighted by atomic mass is 10.1. The highest BCUT2D eigenvalue weighted by molar-refractivity contribution is 5.93. The van der Waals surface area contributed by atoms with Crippen molar-refractivity contribution < 1.29 is 14.3 Å². The molecule has 3 aromatic rings. The molecule has 0 fully saturated rings. The third kappa shape index (κ3) is 4.41. The summed E-state index contributed by atoms with van der Waals surface area (Å²) in [4.78, 5) is 23.4. The van der Waals surface area contributed by atoms with Gasteiger partial charge in [0.1, 0.15) is 0 Å². The Bertz CT molecular complexity index is 1120. The third-order valence-electron chi connectivity index (χ3n) is 4.88. The largest absolute Gasteiger partial charge is 0.466 e. The van der Waals surface area contributed by atoms with Crippen LogP contribution in [-0.4, -0.2) is 23.1 Å². The maximum absolute atomic E-state index is 11.9. The molecule has 0 bridgehead atoms. The van der Waals surface area contributed by atoms with Gasteiger partial charge in [-0.15, -0.1) is 0 Å². The number of ether oxygens (including phenoxy) is 1. The summed E-state index contributed by atoms with van der Waals surface area (Å²) in [5.74, 6) is -0.724. The third-order valence-corrected chi connectivity index (χ3v) is 4.88. The molecule has 2 N–H and O–H groups in total. The fourth-order valence-electron chi connectivity index (χ4n) is 3.42. The zero-order chi connectivity index (χ0) is 21.7. The molecule has 0 saturated carbocycles. The number of esters is 1. The second-order valence-corrected chi connectivity index (χ2v) is 6.91. The first kappa shape index (κ1) is 20.9. The number of hydrogen-bond acceptors (Lipinski definition) is 4. The van der Waals surface area contributed by atoms with Gasteiger partial charge in [0.2, 0.25) is 5.91 Å². The van der Waals surface area contributed by atoms with E-state index in [0.717, 1.165) is 28.2 Å². The number of nitrogens with two attached hydrogens (primary N) is 1. The smallest absolute Gasteiger partial charge is 0.306 e. The minimum absolute atomic E-state index is 0.244. The van der Waals surface area contributed by atoms with E-state index < -0.39 is 5.91 Å². The highest BCUT2D eigenvalue weighted by Gasteiger charge is 2.16. The summed E-state index contributed by atoms with van der Waals surface area (Å²) < 4.78 is 7.13. The summed E-state index contributed by atoms with van der Waals surface area (Å²) in [7, 11) is 0. The van der Waals surface area contributed by atoms with Gasteiger partial charge in [0.05, 0.1) is 30.4 Å². The van der Waals surface area contributed by atoms with E-state index in [0.29, 0.717) is 24.2 Å². The molecule has 152 valence electrons. The van der Waals surface area contributed by atoms with E-state index in [2.05, 4.69) is 10.6 Å². The highest BCUT2D eigenvalue weighted by atomic mass is 16.5. The van der Waals surface area contributed by atoms with Crippen molar-refractivity contribution in [2.45, 2.75) is 26.7 Å². The van der Waals surface area contributed by atoms with Crippen LogP contribution < -0.4 is 5.73 Å². The molecule has 30 heavy (non-hydrogen) atoms. The Morgan fingerprint density at radius 1 is 1.10 bits per heavy atom. The maximum Gasteiger partial charge on any atom is 0.306 e. The summed E-state index contributed by atoms with van der Waals surface area (Å²) in [6.45, 7) is 4.05. The summed E-state index contributed by atoms with van der Waals surface area (Å²) in [5.41, 5.74) is 11.0. The molecule has 0 saturated heterocycles. The molecule has 0 radical (unpaired) electrons. The van der Waals surface area contributed by atoms with E-state index in [1.54, 1.807) is 31.2 Å². The molecular formula is C24H23N3O3. The average Bonchev–Trinajstić information content (AvgIpc) is 3.16. The van der Waals surface area contributed by atoms with Crippen LogP contribution in [0.1, 0.15) is 40.5 Å². The number of carbonyl (C=O) groups excluding carboxylic acids is 2. The highest BCUT2D eigenvalue weighted by Crippen LogP contribution is 2.30. The normalized spacial score (nSPS) is 10.4. The van der Waals surface area contributed by atoms with E-state index in [-0.39, 0.29) is 12.4 Å². The van der Waals surface area contributed by atoms with Crippen molar-refractivity contribution in [1.29, 1.82) is 5.26 Å². The molecule has 6 nitrogen and oxygen atoms in total. The van der Waals surface area contributed by atoms with Crippen LogP contribution >= 0.6 is 0 Å². The van der Waals surface area contributed by atoms with Crippen molar-refractivity contribution in [2.24, 2.45) is 5.73 Å². The molecule has 3 rings (SSSR count). The minimum atomic E-state index is -0.480. The molecule has 0 aliphatic heterocycles. The van der Waals surface area contributed by atoms with E-state index >= 15 is 0 Å². The molecule has 1 amide bonds. The van der Waals surface area contributed by atoms with Gasteiger partial charge in [0.15, 0.2) is 0 Å². The SMILES string of the molecule is CCOC(=O)CCc1ccc(-c2ccc(C#N)cc2)n1-c1ccc(C(N)=O)cc1C. The number of amides is 1. The molecule has 0 atom stereocenters. The van der Waals surface area contributed by atoms with Crippen molar-refractivity contribution in [3.05, 3.63) is 77.0 Å². The summed E-state index contributed by atoms with van der Waals surface area (Å²) in [5, 5.41) is 9.07. The molecule has 1 aromatic heterocycles. The number of hydrogen-bond donors (Lipinski definition) is 1. The van der Waals surface area contributed by atoms with Crippen molar-refractivity contribution in [2.75, 3.05) is 6.61 Å².